The molecule has 1 aromatic carbocycles. The van der Waals surface area contributed by atoms with E-state index in [0.29, 0.717) is 0 Å². The number of esters is 1. The second kappa shape index (κ2) is 5.12. The summed E-state index contributed by atoms with van der Waals surface area (Å²) >= 11 is 0. The zero-order chi connectivity index (χ0) is 12.2. The molecule has 0 heterocycles. The molecule has 0 aliphatic rings. The summed E-state index contributed by atoms with van der Waals surface area (Å²) in [6.45, 7) is 1.88. The molecule has 1 rings (SSSR count). The molecule has 1 aromatic rings. The SMILES string of the molecule is COC(=O)CCS(=O)(=O)c1ccc(C)cc1. The Morgan fingerprint density at radius 3 is 2.31 bits per heavy atom. The Bertz CT molecular complexity index is 459. The quantitative estimate of drug-likeness (QED) is 0.747. The van der Waals surface area contributed by atoms with E-state index < -0.39 is 15.8 Å². The first-order chi connectivity index (χ1) is 7.45. The van der Waals surface area contributed by atoms with E-state index in [4.69, 9.17) is 0 Å². The van der Waals surface area contributed by atoms with Gasteiger partial charge >= 0.3 is 5.97 Å². The van der Waals surface area contributed by atoms with Crippen LogP contribution in [0.4, 0.5) is 0 Å². The summed E-state index contributed by atoms with van der Waals surface area (Å²) in [7, 11) is -2.15. The van der Waals surface area contributed by atoms with Gasteiger partial charge in [0.15, 0.2) is 9.84 Å². The van der Waals surface area contributed by atoms with E-state index >= 15 is 0 Å². The first kappa shape index (κ1) is 12.7. The third-order valence-electron chi connectivity index (χ3n) is 2.18. The Balaban J connectivity index is 2.78. The third kappa shape index (κ3) is 3.34. The molecule has 0 radical (unpaired) electrons. The van der Waals surface area contributed by atoms with Crippen LogP contribution in [0.5, 0.6) is 0 Å². The Morgan fingerprint density at radius 2 is 1.81 bits per heavy atom. The molecular weight excluding hydrogens is 228 g/mol. The van der Waals surface area contributed by atoms with Gasteiger partial charge in [0, 0.05) is 0 Å². The lowest BCUT2D eigenvalue weighted by Gasteiger charge is -2.03. The van der Waals surface area contributed by atoms with Crippen molar-refractivity contribution in [3.63, 3.8) is 0 Å². The van der Waals surface area contributed by atoms with E-state index in [1.165, 1.54) is 7.11 Å². The van der Waals surface area contributed by atoms with Crippen LogP contribution in [0.1, 0.15) is 12.0 Å². The fourth-order valence-electron chi connectivity index (χ4n) is 1.18. The number of benzene rings is 1. The smallest absolute Gasteiger partial charge is 0.306 e. The van der Waals surface area contributed by atoms with Gasteiger partial charge in [-0.15, -0.1) is 0 Å². The first-order valence-electron chi connectivity index (χ1n) is 4.82. The zero-order valence-corrected chi connectivity index (χ0v) is 10.1. The molecular formula is C11H14O4S. The van der Waals surface area contributed by atoms with Gasteiger partial charge in [0.25, 0.3) is 0 Å². The molecule has 0 spiro atoms. The van der Waals surface area contributed by atoms with E-state index in [0.717, 1.165) is 5.56 Å². The summed E-state index contributed by atoms with van der Waals surface area (Å²) < 4.78 is 27.9. The minimum absolute atomic E-state index is 0.118. The van der Waals surface area contributed by atoms with Gasteiger partial charge in [-0.25, -0.2) is 8.42 Å². The number of hydrogen-bond acceptors (Lipinski definition) is 4. The van der Waals surface area contributed by atoms with E-state index in [9.17, 15) is 13.2 Å². The van der Waals surface area contributed by atoms with Crippen molar-refractivity contribution in [2.45, 2.75) is 18.2 Å². The van der Waals surface area contributed by atoms with E-state index in [2.05, 4.69) is 4.74 Å². The lowest BCUT2D eigenvalue weighted by atomic mass is 10.2. The van der Waals surface area contributed by atoms with Crippen molar-refractivity contribution in [1.82, 2.24) is 0 Å². The number of aryl methyl sites for hydroxylation is 1. The normalized spacial score (nSPS) is 11.1. The first-order valence-corrected chi connectivity index (χ1v) is 6.47. The predicted octanol–water partition coefficient (Wildman–Crippen LogP) is 1.33. The van der Waals surface area contributed by atoms with E-state index in [1.54, 1.807) is 24.3 Å². The monoisotopic (exact) mass is 242 g/mol. The molecule has 0 unspecified atom stereocenters. The molecule has 0 amide bonds. The number of sulfone groups is 1. The molecule has 0 saturated heterocycles. The molecule has 0 N–H and O–H groups in total. The zero-order valence-electron chi connectivity index (χ0n) is 9.26. The van der Waals surface area contributed by atoms with Gasteiger partial charge in [-0.05, 0) is 19.1 Å². The van der Waals surface area contributed by atoms with Crippen LogP contribution in [0, 0.1) is 6.92 Å². The molecule has 0 atom stereocenters. The minimum Gasteiger partial charge on any atom is -0.469 e. The van der Waals surface area contributed by atoms with Crippen LogP contribution < -0.4 is 0 Å². The standard InChI is InChI=1S/C11H14O4S/c1-9-3-5-10(6-4-9)16(13,14)8-7-11(12)15-2/h3-6H,7-8H2,1-2H3. The van der Waals surface area contributed by atoms with Crippen molar-refractivity contribution in [3.05, 3.63) is 29.8 Å². The molecule has 5 heteroatoms. The number of rotatable bonds is 4. The van der Waals surface area contributed by atoms with Crippen LogP contribution >= 0.6 is 0 Å². The Hall–Kier alpha value is -1.36. The third-order valence-corrected chi connectivity index (χ3v) is 3.91. The number of methoxy groups -OCH3 is 1. The molecule has 0 aliphatic heterocycles. The molecule has 88 valence electrons. The van der Waals surface area contributed by atoms with Gasteiger partial charge in [0.2, 0.25) is 0 Å². The minimum atomic E-state index is -3.38. The summed E-state index contributed by atoms with van der Waals surface area (Å²) in [5, 5.41) is 0. The van der Waals surface area contributed by atoms with Gasteiger partial charge in [-0.1, -0.05) is 17.7 Å². The maximum absolute atomic E-state index is 11.8. The van der Waals surface area contributed by atoms with Gasteiger partial charge in [-0.2, -0.15) is 0 Å². The molecule has 0 aliphatic carbocycles. The van der Waals surface area contributed by atoms with Crippen LogP contribution in [0.15, 0.2) is 29.2 Å². The summed E-state index contributed by atoms with van der Waals surface area (Å²) in [4.78, 5) is 11.1. The topological polar surface area (TPSA) is 60.4 Å². The van der Waals surface area contributed by atoms with Crippen LogP contribution in [0.2, 0.25) is 0 Å². The molecule has 16 heavy (non-hydrogen) atoms. The lowest BCUT2D eigenvalue weighted by molar-refractivity contribution is -0.140. The van der Waals surface area contributed by atoms with Crippen LogP contribution in [-0.4, -0.2) is 27.2 Å². The Morgan fingerprint density at radius 1 is 1.25 bits per heavy atom. The molecule has 0 saturated carbocycles. The highest BCUT2D eigenvalue weighted by atomic mass is 32.2. The average Bonchev–Trinajstić information content (AvgIpc) is 2.26. The van der Waals surface area contributed by atoms with Crippen molar-refractivity contribution in [3.8, 4) is 0 Å². The fourth-order valence-corrected chi connectivity index (χ4v) is 2.41. The highest BCUT2D eigenvalue weighted by Crippen LogP contribution is 2.13. The van der Waals surface area contributed by atoms with Crippen molar-refractivity contribution >= 4 is 15.8 Å². The van der Waals surface area contributed by atoms with Gasteiger partial charge < -0.3 is 4.74 Å². The highest BCUT2D eigenvalue weighted by molar-refractivity contribution is 7.91. The average molecular weight is 242 g/mol. The highest BCUT2D eigenvalue weighted by Gasteiger charge is 2.16. The van der Waals surface area contributed by atoms with Crippen LogP contribution in [0.25, 0.3) is 0 Å². The maximum Gasteiger partial charge on any atom is 0.306 e. The van der Waals surface area contributed by atoms with Crippen LogP contribution in [0.3, 0.4) is 0 Å². The molecule has 4 nitrogen and oxygen atoms in total. The largest absolute Gasteiger partial charge is 0.469 e. The van der Waals surface area contributed by atoms with E-state index in [-0.39, 0.29) is 17.1 Å². The number of carbonyl (C=O) groups excluding carboxylic acids is 1. The van der Waals surface area contributed by atoms with Crippen molar-refractivity contribution in [2.75, 3.05) is 12.9 Å². The summed E-state index contributed by atoms with van der Waals surface area (Å²) in [5.74, 6) is -0.737. The van der Waals surface area contributed by atoms with Crippen molar-refractivity contribution in [1.29, 1.82) is 0 Å². The summed E-state index contributed by atoms with van der Waals surface area (Å²) in [5.41, 5.74) is 0.993. The number of hydrogen-bond donors (Lipinski definition) is 0. The summed E-state index contributed by atoms with van der Waals surface area (Å²) in [6, 6.07) is 6.54. The maximum atomic E-state index is 11.8. The predicted molar refractivity (Wildman–Crippen MR) is 59.9 cm³/mol. The van der Waals surface area contributed by atoms with Gasteiger partial charge in [0.05, 0.1) is 24.2 Å². The summed E-state index contributed by atoms with van der Waals surface area (Å²) in [6.07, 6.45) is -0.118. The fraction of sp³-hybridized carbons (Fsp3) is 0.364. The molecule has 0 fully saturated rings. The molecule has 0 bridgehead atoms. The Kier molecular flexibility index (Phi) is 4.06. The van der Waals surface area contributed by atoms with Crippen molar-refractivity contribution in [2.24, 2.45) is 0 Å². The number of ether oxygens (including phenoxy) is 1. The van der Waals surface area contributed by atoms with Gasteiger partial charge in [0.1, 0.15) is 0 Å². The number of carbonyl (C=O) groups is 1. The molecule has 0 aromatic heterocycles. The lowest BCUT2D eigenvalue weighted by Crippen LogP contribution is -2.12. The van der Waals surface area contributed by atoms with Crippen molar-refractivity contribution < 1.29 is 17.9 Å². The van der Waals surface area contributed by atoms with Gasteiger partial charge in [-0.3, -0.25) is 4.79 Å². The van der Waals surface area contributed by atoms with E-state index in [1.807, 2.05) is 6.92 Å². The second-order valence-corrected chi connectivity index (χ2v) is 5.57. The van der Waals surface area contributed by atoms with Crippen LogP contribution in [-0.2, 0) is 19.4 Å². The second-order valence-electron chi connectivity index (χ2n) is 3.46. The Labute approximate surface area is 95.2 Å².